The quantitative estimate of drug-likeness (QED) is 0.907. The van der Waals surface area contributed by atoms with Gasteiger partial charge in [-0.2, -0.15) is 15.0 Å². The Morgan fingerprint density at radius 2 is 2.04 bits per heavy atom. The van der Waals surface area contributed by atoms with Gasteiger partial charge in [-0.15, -0.1) is 0 Å². The topological polar surface area (TPSA) is 80.5 Å². The zero-order chi connectivity index (χ0) is 16.7. The molecule has 7 heteroatoms. The molecule has 0 spiro atoms. The van der Waals surface area contributed by atoms with Crippen molar-refractivity contribution in [2.24, 2.45) is 0 Å². The summed E-state index contributed by atoms with van der Waals surface area (Å²) in [5.74, 6) is -0.0201. The number of ether oxygens (including phenoxy) is 1. The summed E-state index contributed by atoms with van der Waals surface area (Å²) in [6.45, 7) is 0.770. The maximum Gasteiger partial charge on any atom is 0.246 e. The van der Waals surface area contributed by atoms with Crippen molar-refractivity contribution >= 4 is 16.9 Å². The van der Waals surface area contributed by atoms with Gasteiger partial charge in [-0.05, 0) is 37.8 Å². The highest BCUT2D eigenvalue weighted by Gasteiger charge is 2.52. The van der Waals surface area contributed by atoms with Crippen molar-refractivity contribution in [2.45, 2.75) is 50.0 Å². The fourth-order valence-electron chi connectivity index (χ4n) is 4.16. The lowest BCUT2D eigenvalue weighted by molar-refractivity contribution is -0.140. The van der Waals surface area contributed by atoms with Crippen molar-refractivity contribution in [1.29, 1.82) is 0 Å². The molecule has 0 radical (unpaired) electrons. The largest absolute Gasteiger partial charge is 0.393 e. The summed E-state index contributed by atoms with van der Waals surface area (Å²) in [6, 6.07) is 7.50. The van der Waals surface area contributed by atoms with E-state index in [2.05, 4.69) is 10.2 Å². The van der Waals surface area contributed by atoms with Gasteiger partial charge in [0.05, 0.1) is 17.7 Å². The number of hydrogen-bond acceptors (Lipinski definition) is 5. The molecular formula is C17H22N4O3. The van der Waals surface area contributed by atoms with Crippen molar-refractivity contribution in [3.63, 3.8) is 0 Å². The van der Waals surface area contributed by atoms with Crippen LogP contribution in [0.4, 0.5) is 0 Å². The van der Waals surface area contributed by atoms with Crippen LogP contribution >= 0.6 is 0 Å². The van der Waals surface area contributed by atoms with Crippen LogP contribution in [0.2, 0.25) is 0 Å². The summed E-state index contributed by atoms with van der Waals surface area (Å²) in [6.07, 6.45) is 2.56. The first-order valence-electron chi connectivity index (χ1n) is 8.44. The fraction of sp³-hybridized carbons (Fsp3) is 0.588. The Kier molecular flexibility index (Phi) is 3.77. The Hall–Kier alpha value is -1.99. The Balaban J connectivity index is 1.53. The number of amides is 1. The van der Waals surface area contributed by atoms with Gasteiger partial charge in [-0.25, -0.2) is 0 Å². The zero-order valence-corrected chi connectivity index (χ0v) is 13.8. The number of rotatable bonds is 3. The molecule has 2 fully saturated rings. The van der Waals surface area contributed by atoms with Crippen LogP contribution in [0.3, 0.4) is 0 Å². The number of fused-ring (bicyclic) bond motifs is 2. The third kappa shape index (κ3) is 2.48. The molecule has 0 bridgehead atoms. The number of aromatic nitrogens is 3. The van der Waals surface area contributed by atoms with E-state index in [-0.39, 0.29) is 30.2 Å². The number of methoxy groups -OCH3 is 1. The molecular weight excluding hydrogens is 308 g/mol. The second kappa shape index (κ2) is 5.82. The number of carbonyl (C=O) groups is 1. The van der Waals surface area contributed by atoms with Crippen molar-refractivity contribution in [3.05, 3.63) is 24.3 Å². The molecule has 0 unspecified atom stereocenters. The third-order valence-corrected chi connectivity index (χ3v) is 5.49. The Morgan fingerprint density at radius 3 is 2.71 bits per heavy atom. The highest BCUT2D eigenvalue weighted by Crippen LogP contribution is 2.42. The van der Waals surface area contributed by atoms with E-state index in [1.54, 1.807) is 7.11 Å². The van der Waals surface area contributed by atoms with E-state index in [4.69, 9.17) is 4.74 Å². The van der Waals surface area contributed by atoms with Crippen LogP contribution in [0, 0.1) is 0 Å². The molecule has 24 heavy (non-hydrogen) atoms. The predicted octanol–water partition coefficient (Wildman–Crippen LogP) is 0.962. The van der Waals surface area contributed by atoms with E-state index in [9.17, 15) is 9.90 Å². The molecule has 4 rings (SSSR count). The number of carbonyl (C=O) groups excluding carboxylic acids is 1. The summed E-state index contributed by atoms with van der Waals surface area (Å²) in [5.41, 5.74) is 1.26. The lowest BCUT2D eigenvalue weighted by atomic mass is 9.79. The molecule has 1 amide bonds. The first-order valence-corrected chi connectivity index (χ1v) is 8.44. The van der Waals surface area contributed by atoms with Crippen molar-refractivity contribution in [2.75, 3.05) is 13.7 Å². The number of nitrogens with zero attached hydrogens (tertiary/aromatic N) is 4. The van der Waals surface area contributed by atoms with Gasteiger partial charge in [0.15, 0.2) is 0 Å². The van der Waals surface area contributed by atoms with Crippen LogP contribution in [-0.2, 0) is 16.1 Å². The summed E-state index contributed by atoms with van der Waals surface area (Å²) >= 11 is 0. The van der Waals surface area contributed by atoms with Gasteiger partial charge in [-0.1, -0.05) is 12.1 Å². The van der Waals surface area contributed by atoms with E-state index >= 15 is 0 Å². The van der Waals surface area contributed by atoms with Crippen molar-refractivity contribution < 1.29 is 14.6 Å². The summed E-state index contributed by atoms with van der Waals surface area (Å²) in [7, 11) is 1.71. The third-order valence-electron chi connectivity index (χ3n) is 5.49. The maximum atomic E-state index is 12.8. The molecule has 1 aliphatic heterocycles. The Morgan fingerprint density at radius 1 is 1.33 bits per heavy atom. The maximum absolute atomic E-state index is 12.8. The molecule has 2 aromatic rings. The summed E-state index contributed by atoms with van der Waals surface area (Å²) in [5, 5.41) is 18.7. The van der Waals surface area contributed by atoms with Gasteiger partial charge < -0.3 is 14.7 Å². The van der Waals surface area contributed by atoms with Crippen LogP contribution in [0.15, 0.2) is 24.3 Å². The van der Waals surface area contributed by atoms with Crippen molar-refractivity contribution in [1.82, 2.24) is 19.9 Å². The smallest absolute Gasteiger partial charge is 0.246 e. The number of benzene rings is 1. The van der Waals surface area contributed by atoms with Crippen LogP contribution in [0.5, 0.6) is 0 Å². The number of aliphatic hydroxyl groups is 1. The Bertz CT molecular complexity index is 728. The van der Waals surface area contributed by atoms with Gasteiger partial charge in [0.1, 0.15) is 17.6 Å². The number of hydrogen-bond donors (Lipinski definition) is 1. The highest BCUT2D eigenvalue weighted by atomic mass is 16.5. The van der Waals surface area contributed by atoms with E-state index in [1.165, 1.54) is 4.80 Å². The highest BCUT2D eigenvalue weighted by molar-refractivity contribution is 5.78. The van der Waals surface area contributed by atoms with Crippen LogP contribution in [0.1, 0.15) is 25.7 Å². The molecule has 2 heterocycles. The molecule has 1 N–H and O–H groups in total. The zero-order valence-electron chi connectivity index (χ0n) is 13.8. The summed E-state index contributed by atoms with van der Waals surface area (Å²) < 4.78 is 5.79. The molecule has 1 aromatic carbocycles. The molecule has 1 aliphatic carbocycles. The lowest BCUT2D eigenvalue weighted by Gasteiger charge is -2.42. The molecule has 3 atom stereocenters. The van der Waals surface area contributed by atoms with Crippen LogP contribution < -0.4 is 0 Å². The number of likely N-dealkylation sites (tertiary alicyclic amines) is 1. The minimum atomic E-state index is -0.364. The minimum Gasteiger partial charge on any atom is -0.393 e. The molecule has 1 aromatic heterocycles. The fourth-order valence-corrected chi connectivity index (χ4v) is 4.16. The Labute approximate surface area is 140 Å². The SMILES string of the molecule is CO[C@]12CC[C@@H](O)C[C@H]1N(C(=O)Cn1nc3ccccc3n1)CC2. The lowest BCUT2D eigenvalue weighted by Crippen LogP contribution is -2.53. The van der Waals surface area contributed by atoms with Crippen molar-refractivity contribution in [3.8, 4) is 0 Å². The van der Waals surface area contributed by atoms with E-state index < -0.39 is 0 Å². The normalized spacial score (nSPS) is 29.8. The second-order valence-corrected chi connectivity index (χ2v) is 6.77. The van der Waals surface area contributed by atoms with Gasteiger partial charge in [0.25, 0.3) is 0 Å². The average molecular weight is 330 g/mol. The van der Waals surface area contributed by atoms with Crippen LogP contribution in [-0.4, -0.2) is 62.3 Å². The van der Waals surface area contributed by atoms with E-state index in [0.29, 0.717) is 13.0 Å². The number of aliphatic hydroxyl groups excluding tert-OH is 1. The standard InChI is InChI=1S/C17H22N4O3/c1-24-17-7-6-12(22)10-15(17)20(9-8-17)16(23)11-21-18-13-4-2-3-5-14(13)19-21/h2-5,12,15,22H,6-11H2,1H3/t12-,15-,17+/m1/s1. The predicted molar refractivity (Wildman–Crippen MR) is 87.2 cm³/mol. The first-order chi connectivity index (χ1) is 11.6. The van der Waals surface area contributed by atoms with E-state index in [1.807, 2.05) is 29.2 Å². The molecule has 1 saturated heterocycles. The average Bonchev–Trinajstić information content (AvgIpc) is 3.15. The second-order valence-electron chi connectivity index (χ2n) is 6.77. The monoisotopic (exact) mass is 330 g/mol. The molecule has 1 saturated carbocycles. The minimum absolute atomic E-state index is 0.0201. The molecule has 2 aliphatic rings. The van der Waals surface area contributed by atoms with Gasteiger partial charge >= 0.3 is 0 Å². The summed E-state index contributed by atoms with van der Waals surface area (Å²) in [4.78, 5) is 16.1. The van der Waals surface area contributed by atoms with Crippen LogP contribution in [0.25, 0.3) is 11.0 Å². The van der Waals surface area contributed by atoms with E-state index in [0.717, 1.165) is 30.3 Å². The van der Waals surface area contributed by atoms with Gasteiger partial charge in [0, 0.05) is 13.7 Å². The molecule has 7 nitrogen and oxygen atoms in total. The first kappa shape index (κ1) is 15.5. The van der Waals surface area contributed by atoms with Gasteiger partial charge in [0.2, 0.25) is 5.91 Å². The molecule has 128 valence electrons. The van der Waals surface area contributed by atoms with Gasteiger partial charge in [-0.3, -0.25) is 4.79 Å².